The summed E-state index contributed by atoms with van der Waals surface area (Å²) < 4.78 is 11.1. The summed E-state index contributed by atoms with van der Waals surface area (Å²) in [5.74, 6) is 1.52. The molecule has 0 spiro atoms. The molecule has 0 amide bonds. The highest BCUT2D eigenvalue weighted by Gasteiger charge is 2.07. The van der Waals surface area contributed by atoms with Crippen molar-refractivity contribution in [1.29, 1.82) is 0 Å². The molecule has 2 aromatic carbocycles. The van der Waals surface area contributed by atoms with Crippen LogP contribution in [0.3, 0.4) is 0 Å². The first kappa shape index (κ1) is 15.2. The van der Waals surface area contributed by atoms with Gasteiger partial charge in [-0.3, -0.25) is 0 Å². The molecule has 21 heavy (non-hydrogen) atoms. The van der Waals surface area contributed by atoms with E-state index < -0.39 is 0 Å². The minimum Gasteiger partial charge on any atom is -0.493 e. The van der Waals surface area contributed by atoms with Gasteiger partial charge in [0.2, 0.25) is 0 Å². The zero-order valence-corrected chi connectivity index (χ0v) is 12.7. The van der Waals surface area contributed by atoms with E-state index in [2.05, 4.69) is 10.9 Å². The zero-order chi connectivity index (χ0) is 15.1. The molecule has 2 rings (SSSR count). The van der Waals surface area contributed by atoms with Crippen LogP contribution in [0.4, 0.5) is 5.69 Å². The first-order valence-electron chi connectivity index (χ1n) is 7.06. The van der Waals surface area contributed by atoms with Crippen molar-refractivity contribution < 1.29 is 9.47 Å². The highest BCUT2D eigenvalue weighted by molar-refractivity contribution is 5.44. The zero-order valence-electron chi connectivity index (χ0n) is 12.7. The Morgan fingerprint density at radius 2 is 1.76 bits per heavy atom. The van der Waals surface area contributed by atoms with Gasteiger partial charge in [0, 0.05) is 12.2 Å². The van der Waals surface area contributed by atoms with Crippen molar-refractivity contribution in [2.24, 2.45) is 0 Å². The number of ether oxygens (including phenoxy) is 2. The summed E-state index contributed by atoms with van der Waals surface area (Å²) >= 11 is 0. The number of para-hydroxylation sites is 1. The number of nitrogens with one attached hydrogen (secondary N) is 2. The van der Waals surface area contributed by atoms with E-state index in [0.717, 1.165) is 22.7 Å². The molecule has 2 N–H and O–H groups in total. The van der Waals surface area contributed by atoms with E-state index in [1.54, 1.807) is 7.11 Å². The van der Waals surface area contributed by atoms with E-state index in [4.69, 9.17) is 9.47 Å². The van der Waals surface area contributed by atoms with Crippen molar-refractivity contribution in [3.8, 4) is 11.5 Å². The third-order valence-corrected chi connectivity index (χ3v) is 2.89. The van der Waals surface area contributed by atoms with Crippen LogP contribution in [-0.4, -0.2) is 13.2 Å². The minimum atomic E-state index is 0.127. The van der Waals surface area contributed by atoms with E-state index in [1.165, 1.54) is 0 Å². The second-order valence-electron chi connectivity index (χ2n) is 5.00. The number of hydrogen-bond donors (Lipinski definition) is 2. The lowest BCUT2D eigenvalue weighted by molar-refractivity contribution is 0.230. The third-order valence-electron chi connectivity index (χ3n) is 2.89. The summed E-state index contributed by atoms with van der Waals surface area (Å²) in [5, 5.41) is 0. The fourth-order valence-electron chi connectivity index (χ4n) is 1.94. The van der Waals surface area contributed by atoms with Crippen LogP contribution >= 0.6 is 0 Å². The lowest BCUT2D eigenvalue weighted by Gasteiger charge is -2.15. The third kappa shape index (κ3) is 4.68. The predicted octanol–water partition coefficient (Wildman–Crippen LogP) is 3.60. The van der Waals surface area contributed by atoms with Gasteiger partial charge in [-0.25, -0.2) is 5.43 Å². The molecule has 0 aliphatic rings. The van der Waals surface area contributed by atoms with Gasteiger partial charge in [-0.15, -0.1) is 0 Å². The molecule has 0 aliphatic carbocycles. The molecule has 0 heterocycles. The minimum absolute atomic E-state index is 0.127. The Morgan fingerprint density at radius 3 is 2.43 bits per heavy atom. The molecule has 2 aromatic rings. The van der Waals surface area contributed by atoms with E-state index in [0.29, 0.717) is 6.54 Å². The predicted molar refractivity (Wildman–Crippen MR) is 85.7 cm³/mol. The fourth-order valence-corrected chi connectivity index (χ4v) is 1.94. The summed E-state index contributed by atoms with van der Waals surface area (Å²) in [5.41, 5.74) is 8.49. The number of anilines is 1. The SMILES string of the molecule is COc1cc(CNNc2ccccc2)ccc1OC(C)C. The smallest absolute Gasteiger partial charge is 0.161 e. The number of methoxy groups -OCH3 is 1. The number of rotatable bonds is 7. The van der Waals surface area contributed by atoms with Crippen molar-refractivity contribution in [2.45, 2.75) is 26.5 Å². The fraction of sp³-hybridized carbons (Fsp3) is 0.294. The van der Waals surface area contributed by atoms with Crippen molar-refractivity contribution in [3.63, 3.8) is 0 Å². The maximum atomic E-state index is 5.70. The largest absolute Gasteiger partial charge is 0.493 e. The second kappa shape index (κ2) is 7.55. The molecule has 0 aliphatic heterocycles. The van der Waals surface area contributed by atoms with Crippen LogP contribution in [0.25, 0.3) is 0 Å². The van der Waals surface area contributed by atoms with Gasteiger partial charge in [0.05, 0.1) is 13.2 Å². The van der Waals surface area contributed by atoms with Crippen molar-refractivity contribution in [2.75, 3.05) is 12.5 Å². The topological polar surface area (TPSA) is 42.5 Å². The summed E-state index contributed by atoms with van der Waals surface area (Å²) in [4.78, 5) is 0. The monoisotopic (exact) mass is 286 g/mol. The van der Waals surface area contributed by atoms with Gasteiger partial charge in [-0.05, 0) is 43.7 Å². The molecular formula is C17H22N2O2. The lowest BCUT2D eigenvalue weighted by Crippen LogP contribution is -2.20. The molecule has 0 aromatic heterocycles. The molecule has 112 valence electrons. The Balaban J connectivity index is 1.94. The highest BCUT2D eigenvalue weighted by Crippen LogP contribution is 2.28. The Bertz CT molecular complexity index is 556. The van der Waals surface area contributed by atoms with Gasteiger partial charge in [-0.1, -0.05) is 24.3 Å². The van der Waals surface area contributed by atoms with Crippen LogP contribution < -0.4 is 20.3 Å². The molecule has 0 saturated heterocycles. The van der Waals surface area contributed by atoms with Crippen molar-refractivity contribution in [3.05, 3.63) is 54.1 Å². The van der Waals surface area contributed by atoms with Crippen LogP contribution in [0.1, 0.15) is 19.4 Å². The molecule has 4 heteroatoms. The molecule has 0 atom stereocenters. The molecule has 4 nitrogen and oxygen atoms in total. The number of hydrogen-bond acceptors (Lipinski definition) is 4. The van der Waals surface area contributed by atoms with E-state index in [9.17, 15) is 0 Å². The quantitative estimate of drug-likeness (QED) is 0.763. The van der Waals surface area contributed by atoms with Crippen molar-refractivity contribution in [1.82, 2.24) is 5.43 Å². The average molecular weight is 286 g/mol. The maximum Gasteiger partial charge on any atom is 0.161 e. The summed E-state index contributed by atoms with van der Waals surface area (Å²) in [6.45, 7) is 4.69. The molecule has 0 fully saturated rings. The first-order chi connectivity index (χ1) is 10.2. The summed E-state index contributed by atoms with van der Waals surface area (Å²) in [7, 11) is 1.65. The standard InChI is InChI=1S/C17H22N2O2/c1-13(2)21-16-10-9-14(11-17(16)20-3)12-18-19-15-7-5-4-6-8-15/h4-11,13,18-19H,12H2,1-3H3. The van der Waals surface area contributed by atoms with Crippen LogP contribution in [0.5, 0.6) is 11.5 Å². The Kier molecular flexibility index (Phi) is 5.46. The number of hydrazine groups is 1. The van der Waals surface area contributed by atoms with Crippen LogP contribution in [0.2, 0.25) is 0 Å². The van der Waals surface area contributed by atoms with Gasteiger partial charge >= 0.3 is 0 Å². The number of benzene rings is 2. The molecule has 0 saturated carbocycles. The Hall–Kier alpha value is -2.20. The second-order valence-corrected chi connectivity index (χ2v) is 5.00. The van der Waals surface area contributed by atoms with E-state index >= 15 is 0 Å². The molecule has 0 bridgehead atoms. The van der Waals surface area contributed by atoms with E-state index in [1.807, 2.05) is 62.4 Å². The van der Waals surface area contributed by atoms with E-state index in [-0.39, 0.29) is 6.10 Å². The van der Waals surface area contributed by atoms with Crippen LogP contribution in [-0.2, 0) is 6.54 Å². The highest BCUT2D eigenvalue weighted by atomic mass is 16.5. The summed E-state index contributed by atoms with van der Waals surface area (Å²) in [6.07, 6.45) is 0.127. The van der Waals surface area contributed by atoms with Gasteiger partial charge in [0.15, 0.2) is 11.5 Å². The molecule has 0 unspecified atom stereocenters. The lowest BCUT2D eigenvalue weighted by atomic mass is 10.2. The first-order valence-corrected chi connectivity index (χ1v) is 7.06. The average Bonchev–Trinajstić information content (AvgIpc) is 2.49. The molecular weight excluding hydrogens is 264 g/mol. The van der Waals surface area contributed by atoms with Gasteiger partial charge in [-0.2, -0.15) is 0 Å². The van der Waals surface area contributed by atoms with Gasteiger partial charge in [0.1, 0.15) is 0 Å². The molecule has 0 radical (unpaired) electrons. The normalized spacial score (nSPS) is 10.5. The van der Waals surface area contributed by atoms with Crippen molar-refractivity contribution >= 4 is 5.69 Å². The maximum absolute atomic E-state index is 5.70. The Labute approximate surface area is 126 Å². The van der Waals surface area contributed by atoms with Crippen LogP contribution in [0, 0.1) is 0 Å². The Morgan fingerprint density at radius 1 is 1.00 bits per heavy atom. The summed E-state index contributed by atoms with van der Waals surface area (Å²) in [6, 6.07) is 15.9. The van der Waals surface area contributed by atoms with Crippen LogP contribution in [0.15, 0.2) is 48.5 Å². The van der Waals surface area contributed by atoms with Gasteiger partial charge < -0.3 is 14.9 Å². The van der Waals surface area contributed by atoms with Gasteiger partial charge in [0.25, 0.3) is 0 Å².